The van der Waals surface area contributed by atoms with Crippen molar-refractivity contribution in [3.8, 4) is 0 Å². The monoisotopic (exact) mass is 303 g/mol. The molecule has 2 rings (SSSR count). The lowest BCUT2D eigenvalue weighted by molar-refractivity contribution is -0.122. The number of nitrogens with two attached hydrogens (primary N) is 1. The summed E-state index contributed by atoms with van der Waals surface area (Å²) >= 11 is 0. The molecule has 20 heavy (non-hydrogen) atoms. The van der Waals surface area contributed by atoms with Gasteiger partial charge in [0.25, 0.3) is 0 Å². The molecule has 0 spiro atoms. The number of nitrogens with one attached hydrogen (secondary N) is 1. The van der Waals surface area contributed by atoms with Crippen LogP contribution in [-0.2, 0) is 14.8 Å². The first-order valence-corrected chi connectivity index (χ1v) is 9.08. The van der Waals surface area contributed by atoms with E-state index in [1.807, 2.05) is 0 Å². The second kappa shape index (κ2) is 6.87. The molecule has 116 valence electrons. The quantitative estimate of drug-likeness (QED) is 0.742. The fourth-order valence-electron chi connectivity index (χ4n) is 3.03. The highest BCUT2D eigenvalue weighted by Crippen LogP contribution is 2.22. The third-order valence-electron chi connectivity index (χ3n) is 4.49. The second-order valence-electron chi connectivity index (χ2n) is 5.87. The van der Waals surface area contributed by atoms with Crippen LogP contribution < -0.4 is 11.1 Å². The van der Waals surface area contributed by atoms with Crippen LogP contribution >= 0.6 is 0 Å². The average Bonchev–Trinajstić information content (AvgIpc) is 2.46. The predicted octanol–water partition coefficient (Wildman–Crippen LogP) is -0.0968. The topological polar surface area (TPSA) is 92.5 Å². The van der Waals surface area contributed by atoms with Crippen LogP contribution in [0.15, 0.2) is 0 Å². The Kier molecular flexibility index (Phi) is 5.40. The summed E-state index contributed by atoms with van der Waals surface area (Å²) in [5, 5.41) is 3.29. The van der Waals surface area contributed by atoms with Crippen LogP contribution in [0.1, 0.15) is 32.1 Å². The Hall–Kier alpha value is -0.660. The molecule has 0 radical (unpaired) electrons. The summed E-state index contributed by atoms with van der Waals surface area (Å²) in [4.78, 5) is 11.1. The molecule has 3 N–H and O–H groups in total. The zero-order valence-electron chi connectivity index (χ0n) is 11.9. The first-order valence-electron chi connectivity index (χ1n) is 7.47. The van der Waals surface area contributed by atoms with Gasteiger partial charge in [-0.05, 0) is 51.1 Å². The standard InChI is InChI=1S/C13H25N3O3S/c14-13(17)12-3-8-16(9-4-12)20(18,19)10-5-11-1-6-15-7-2-11/h11-12,15H,1-10H2,(H2,14,17). The summed E-state index contributed by atoms with van der Waals surface area (Å²) in [6, 6.07) is 0. The first-order chi connectivity index (χ1) is 9.49. The Morgan fingerprint density at radius 2 is 1.75 bits per heavy atom. The van der Waals surface area contributed by atoms with E-state index in [1.54, 1.807) is 0 Å². The number of nitrogens with zero attached hydrogens (tertiary/aromatic N) is 1. The van der Waals surface area contributed by atoms with E-state index in [4.69, 9.17) is 5.73 Å². The zero-order chi connectivity index (χ0) is 14.6. The molecule has 0 aromatic rings. The number of carbonyl (C=O) groups excluding carboxylic acids is 1. The molecule has 2 aliphatic rings. The number of sulfonamides is 1. The number of hydrogen-bond acceptors (Lipinski definition) is 4. The van der Waals surface area contributed by atoms with Crippen LogP contribution in [0.25, 0.3) is 0 Å². The van der Waals surface area contributed by atoms with Crippen LogP contribution in [0.3, 0.4) is 0 Å². The van der Waals surface area contributed by atoms with Gasteiger partial charge in [-0.1, -0.05) is 0 Å². The highest BCUT2D eigenvalue weighted by Gasteiger charge is 2.30. The van der Waals surface area contributed by atoms with E-state index >= 15 is 0 Å². The van der Waals surface area contributed by atoms with Gasteiger partial charge in [0.1, 0.15) is 0 Å². The molecule has 0 bridgehead atoms. The van der Waals surface area contributed by atoms with Gasteiger partial charge >= 0.3 is 0 Å². The normalized spacial score (nSPS) is 23.8. The van der Waals surface area contributed by atoms with Crippen molar-refractivity contribution in [3.63, 3.8) is 0 Å². The molecular weight excluding hydrogens is 278 g/mol. The van der Waals surface area contributed by atoms with Gasteiger partial charge in [0.15, 0.2) is 0 Å². The molecule has 6 nitrogen and oxygen atoms in total. The van der Waals surface area contributed by atoms with Crippen molar-refractivity contribution in [2.24, 2.45) is 17.6 Å². The van der Waals surface area contributed by atoms with Gasteiger partial charge in [0.2, 0.25) is 15.9 Å². The van der Waals surface area contributed by atoms with Gasteiger partial charge in [-0.15, -0.1) is 0 Å². The maximum Gasteiger partial charge on any atom is 0.220 e. The number of amides is 1. The maximum absolute atomic E-state index is 12.3. The summed E-state index contributed by atoms with van der Waals surface area (Å²) in [6.07, 6.45) is 4.00. The van der Waals surface area contributed by atoms with Crippen LogP contribution in [0.5, 0.6) is 0 Å². The maximum atomic E-state index is 12.3. The van der Waals surface area contributed by atoms with E-state index in [2.05, 4.69) is 5.32 Å². The largest absolute Gasteiger partial charge is 0.369 e. The minimum atomic E-state index is -3.17. The van der Waals surface area contributed by atoms with Gasteiger partial charge in [-0.25, -0.2) is 12.7 Å². The Bertz CT molecular complexity index is 424. The number of hydrogen-bond donors (Lipinski definition) is 2. The lowest BCUT2D eigenvalue weighted by Crippen LogP contribution is -2.43. The minimum Gasteiger partial charge on any atom is -0.369 e. The van der Waals surface area contributed by atoms with Crippen molar-refractivity contribution in [2.75, 3.05) is 31.9 Å². The van der Waals surface area contributed by atoms with Gasteiger partial charge < -0.3 is 11.1 Å². The third kappa shape index (κ3) is 4.17. The Balaban J connectivity index is 1.80. The van der Waals surface area contributed by atoms with E-state index in [-0.39, 0.29) is 17.6 Å². The lowest BCUT2D eigenvalue weighted by atomic mass is 9.96. The van der Waals surface area contributed by atoms with Gasteiger partial charge in [-0.2, -0.15) is 0 Å². The molecule has 7 heteroatoms. The second-order valence-corrected chi connectivity index (χ2v) is 7.96. The molecule has 1 amide bonds. The highest BCUT2D eigenvalue weighted by atomic mass is 32.2. The fourth-order valence-corrected chi connectivity index (χ4v) is 4.69. The van der Waals surface area contributed by atoms with Crippen molar-refractivity contribution in [3.05, 3.63) is 0 Å². The molecule has 0 unspecified atom stereocenters. The van der Waals surface area contributed by atoms with E-state index in [1.165, 1.54) is 4.31 Å². The molecule has 0 saturated carbocycles. The first kappa shape index (κ1) is 15.7. The molecule has 2 fully saturated rings. The van der Waals surface area contributed by atoms with Crippen LogP contribution in [0.4, 0.5) is 0 Å². The summed E-state index contributed by atoms with van der Waals surface area (Å²) in [5.41, 5.74) is 5.27. The van der Waals surface area contributed by atoms with Gasteiger partial charge in [0, 0.05) is 19.0 Å². The van der Waals surface area contributed by atoms with Crippen LogP contribution in [-0.4, -0.2) is 50.6 Å². The van der Waals surface area contributed by atoms with E-state index in [0.717, 1.165) is 32.4 Å². The molecular formula is C13H25N3O3S. The molecule has 0 aromatic heterocycles. The number of carbonyl (C=O) groups is 1. The van der Waals surface area contributed by atoms with Crippen molar-refractivity contribution in [2.45, 2.75) is 32.1 Å². The number of primary amides is 1. The summed E-state index contributed by atoms with van der Waals surface area (Å²) in [5.74, 6) is 0.288. The summed E-state index contributed by atoms with van der Waals surface area (Å²) in [6.45, 7) is 2.85. The zero-order valence-corrected chi connectivity index (χ0v) is 12.7. The SMILES string of the molecule is NC(=O)C1CCN(S(=O)(=O)CCC2CCNCC2)CC1. The van der Waals surface area contributed by atoms with Crippen molar-refractivity contribution in [1.29, 1.82) is 0 Å². The van der Waals surface area contributed by atoms with Gasteiger partial charge in [0.05, 0.1) is 5.75 Å². The smallest absolute Gasteiger partial charge is 0.220 e. The van der Waals surface area contributed by atoms with Crippen molar-refractivity contribution < 1.29 is 13.2 Å². The van der Waals surface area contributed by atoms with E-state index in [9.17, 15) is 13.2 Å². The van der Waals surface area contributed by atoms with Crippen molar-refractivity contribution >= 4 is 15.9 Å². The average molecular weight is 303 g/mol. The Morgan fingerprint density at radius 3 is 2.30 bits per heavy atom. The van der Waals surface area contributed by atoms with Crippen molar-refractivity contribution in [1.82, 2.24) is 9.62 Å². The fraction of sp³-hybridized carbons (Fsp3) is 0.923. The van der Waals surface area contributed by atoms with E-state index in [0.29, 0.717) is 31.8 Å². The van der Waals surface area contributed by atoms with E-state index < -0.39 is 10.0 Å². The van der Waals surface area contributed by atoms with Crippen LogP contribution in [0.2, 0.25) is 0 Å². The minimum absolute atomic E-state index is 0.161. The predicted molar refractivity (Wildman–Crippen MR) is 77.5 cm³/mol. The third-order valence-corrected chi connectivity index (χ3v) is 6.40. The Labute approximate surface area is 121 Å². The molecule has 2 saturated heterocycles. The lowest BCUT2D eigenvalue weighted by Gasteiger charge is -2.30. The molecule has 0 atom stereocenters. The molecule has 2 heterocycles. The summed E-state index contributed by atoms with van der Waals surface area (Å²) < 4.78 is 26.1. The number of rotatable bonds is 5. The molecule has 2 aliphatic heterocycles. The molecule has 0 aliphatic carbocycles. The Morgan fingerprint density at radius 1 is 1.15 bits per heavy atom. The molecule has 0 aromatic carbocycles. The van der Waals surface area contributed by atoms with Gasteiger partial charge in [-0.3, -0.25) is 4.79 Å². The summed E-state index contributed by atoms with van der Waals surface area (Å²) in [7, 11) is -3.17. The van der Waals surface area contributed by atoms with Crippen LogP contribution in [0, 0.1) is 11.8 Å². The number of piperidine rings is 2. The highest BCUT2D eigenvalue weighted by molar-refractivity contribution is 7.89.